The van der Waals surface area contributed by atoms with Crippen molar-refractivity contribution in [1.29, 1.82) is 0 Å². The van der Waals surface area contributed by atoms with Crippen LogP contribution in [-0.2, 0) is 48.0 Å². The highest BCUT2D eigenvalue weighted by Gasteiger charge is 2.34. The van der Waals surface area contributed by atoms with Crippen molar-refractivity contribution in [3.63, 3.8) is 0 Å². The molecule has 1 heterocycles. The van der Waals surface area contributed by atoms with Gasteiger partial charge in [-0.15, -0.1) is 0 Å². The van der Waals surface area contributed by atoms with Gasteiger partial charge in [0.05, 0.1) is 19.3 Å². The molecule has 8 heteroatoms. The minimum absolute atomic E-state index is 0.0558. The van der Waals surface area contributed by atoms with Crippen LogP contribution in [-0.4, -0.2) is 12.0 Å². The summed E-state index contributed by atoms with van der Waals surface area (Å²) in [5.41, 5.74) is 6.56. The zero-order valence-electron chi connectivity index (χ0n) is 33.5. The van der Waals surface area contributed by atoms with Crippen molar-refractivity contribution in [2.45, 2.75) is 109 Å². The van der Waals surface area contributed by atoms with Gasteiger partial charge in [-0.3, -0.25) is 18.4 Å². The summed E-state index contributed by atoms with van der Waals surface area (Å²) in [6, 6.07) is 41.8. The van der Waals surface area contributed by atoms with E-state index in [1.165, 1.54) is 19.3 Å². The monoisotopic (exact) mass is 785 g/mol. The van der Waals surface area contributed by atoms with Crippen molar-refractivity contribution in [1.82, 2.24) is 0 Å². The lowest BCUT2D eigenvalue weighted by Crippen LogP contribution is -2.22. The van der Waals surface area contributed by atoms with Crippen molar-refractivity contribution in [3.05, 3.63) is 161 Å². The van der Waals surface area contributed by atoms with E-state index in [0.29, 0.717) is 18.8 Å². The predicted octanol–water partition coefficient (Wildman–Crippen LogP) is 13.1. The second-order valence-electron chi connectivity index (χ2n) is 16.6. The van der Waals surface area contributed by atoms with Gasteiger partial charge in [-0.25, -0.2) is 4.57 Å². The third-order valence-corrected chi connectivity index (χ3v) is 12.6. The van der Waals surface area contributed by atoms with Crippen LogP contribution in [0.2, 0.25) is 0 Å². The molecule has 5 aromatic rings. The van der Waals surface area contributed by atoms with Crippen molar-refractivity contribution in [2.24, 2.45) is 5.92 Å². The maximum absolute atomic E-state index is 14.5. The average molecular weight is 786 g/mol. The van der Waals surface area contributed by atoms with E-state index in [2.05, 4.69) is 56.4 Å². The molecule has 7 nitrogen and oxygen atoms in total. The molecule has 1 N–H and O–H groups in total. The summed E-state index contributed by atoms with van der Waals surface area (Å²) in [5.74, 6) is 1.88. The highest BCUT2D eigenvalue weighted by Crippen LogP contribution is 2.53. The van der Waals surface area contributed by atoms with Crippen LogP contribution in [0.1, 0.15) is 111 Å². The lowest BCUT2D eigenvalue weighted by molar-refractivity contribution is -0.116. The smallest absolute Gasteiger partial charge is 0.457 e. The Kier molecular flexibility index (Phi) is 13.4. The number of benzene rings is 5. The summed E-state index contributed by atoms with van der Waals surface area (Å²) in [6.07, 6.45) is 7.94. The van der Waals surface area contributed by atoms with E-state index in [4.69, 9.17) is 18.3 Å². The normalized spacial score (nSPS) is 15.3. The molecule has 1 amide bonds. The Morgan fingerprint density at radius 3 is 1.88 bits per heavy atom. The summed E-state index contributed by atoms with van der Waals surface area (Å²) in [4.78, 5) is 14.0. The Balaban J connectivity index is 1.10. The zero-order valence-corrected chi connectivity index (χ0v) is 34.4. The van der Waals surface area contributed by atoms with Crippen LogP contribution in [0.3, 0.4) is 0 Å². The lowest BCUT2D eigenvalue weighted by Gasteiger charge is -2.29. The fourth-order valence-corrected chi connectivity index (χ4v) is 9.56. The van der Waals surface area contributed by atoms with Gasteiger partial charge in [0.15, 0.2) is 0 Å². The van der Waals surface area contributed by atoms with Crippen LogP contribution >= 0.6 is 7.82 Å². The number of hydrogen-bond donors (Lipinski definition) is 1. The first-order valence-corrected chi connectivity index (χ1v) is 22.0. The molecule has 1 fully saturated rings. The van der Waals surface area contributed by atoms with Gasteiger partial charge in [0.1, 0.15) is 11.5 Å². The molecule has 5 aromatic carbocycles. The van der Waals surface area contributed by atoms with Gasteiger partial charge in [-0.2, -0.15) is 0 Å². The van der Waals surface area contributed by atoms with Gasteiger partial charge in [-0.1, -0.05) is 162 Å². The van der Waals surface area contributed by atoms with E-state index >= 15 is 0 Å². The van der Waals surface area contributed by atoms with Crippen LogP contribution in [0.4, 0.5) is 5.69 Å². The molecule has 1 atom stereocenters. The molecule has 57 heavy (non-hydrogen) atoms. The van der Waals surface area contributed by atoms with E-state index < -0.39 is 7.82 Å². The molecule has 0 aromatic heterocycles. The Hall–Kier alpha value is -4.52. The summed E-state index contributed by atoms with van der Waals surface area (Å²) < 4.78 is 39.5. The van der Waals surface area contributed by atoms with Crippen molar-refractivity contribution < 1.29 is 27.7 Å². The molecule has 1 aliphatic heterocycles. The van der Waals surface area contributed by atoms with Gasteiger partial charge in [0.2, 0.25) is 5.91 Å². The number of fused-ring (bicyclic) bond motifs is 2. The second-order valence-corrected chi connectivity index (χ2v) is 18.2. The van der Waals surface area contributed by atoms with E-state index in [1.54, 1.807) is 0 Å². The summed E-state index contributed by atoms with van der Waals surface area (Å²) in [5, 5.41) is 3.33. The molecule has 0 radical (unpaired) electrons. The number of carbonyl (C=O) groups excluding carboxylic acids is 1. The third-order valence-electron chi connectivity index (χ3n) is 11.2. The van der Waals surface area contributed by atoms with E-state index in [-0.39, 0.29) is 43.0 Å². The van der Waals surface area contributed by atoms with Gasteiger partial charge in [0.25, 0.3) is 0 Å². The minimum atomic E-state index is -3.98. The van der Waals surface area contributed by atoms with Crippen LogP contribution in [0.5, 0.6) is 11.5 Å². The number of nitrogens with one attached hydrogen (secondary N) is 1. The SMILES string of the molecule is CC(C)(C)c1ccc(CC[C@@H](CC2CCCCC2)OP(=O)(OCc2ccccc2)OCc2ccccc2)cc1NC(=O)CC1c2ccccc2Oc2ccccc21. The number of carbonyl (C=O) groups is 1. The third kappa shape index (κ3) is 11.1. The van der Waals surface area contributed by atoms with Gasteiger partial charge in [-0.05, 0) is 71.0 Å². The molecular weight excluding hydrogens is 730 g/mol. The zero-order chi connectivity index (χ0) is 39.7. The standard InChI is InChI=1S/C49H56NO6P/c1-49(2,3)44-30-28-37(32-45(44)50-48(51)33-43-41-23-13-15-25-46(41)55-47-26-16-14-24-42(43)47)27-29-40(31-36-17-7-4-8-18-36)56-57(52,53-34-38-19-9-5-10-20-38)54-35-39-21-11-6-12-22-39/h5-6,9-16,19-26,28,30,32,36,40,43H,4,7-8,17-18,27,29,31,33-35H2,1-3H3,(H,50,51)/t40-/m0/s1. The first-order chi connectivity index (χ1) is 27.6. The molecule has 0 saturated heterocycles. The summed E-state index contributed by atoms with van der Waals surface area (Å²) in [7, 11) is -3.98. The first kappa shape index (κ1) is 40.7. The maximum atomic E-state index is 14.5. The number of hydrogen-bond acceptors (Lipinski definition) is 6. The number of aryl methyl sites for hydroxylation is 1. The molecule has 298 valence electrons. The molecular formula is C49H56NO6P. The molecule has 2 aliphatic rings. The van der Waals surface area contributed by atoms with Gasteiger partial charge in [0, 0.05) is 29.2 Å². The number of phosphoric acid groups is 1. The first-order valence-electron chi connectivity index (χ1n) is 20.6. The fraction of sp³-hybridized carbons (Fsp3) is 0.367. The van der Waals surface area contributed by atoms with Crippen molar-refractivity contribution in [3.8, 4) is 11.5 Å². The van der Waals surface area contributed by atoms with Crippen LogP contribution in [0, 0.1) is 5.92 Å². The predicted molar refractivity (Wildman–Crippen MR) is 228 cm³/mol. The lowest BCUT2D eigenvalue weighted by atomic mass is 9.83. The van der Waals surface area contributed by atoms with Crippen molar-refractivity contribution >= 4 is 19.4 Å². The van der Waals surface area contributed by atoms with E-state index in [1.807, 2.05) is 97.1 Å². The van der Waals surface area contributed by atoms with Gasteiger partial charge < -0.3 is 10.1 Å². The van der Waals surface area contributed by atoms with E-state index in [0.717, 1.165) is 69.8 Å². The minimum Gasteiger partial charge on any atom is -0.457 e. The van der Waals surface area contributed by atoms with Gasteiger partial charge >= 0.3 is 7.82 Å². The molecule has 1 saturated carbocycles. The number of rotatable bonds is 16. The second kappa shape index (κ2) is 18.8. The Bertz CT molecular complexity index is 2030. The average Bonchev–Trinajstić information content (AvgIpc) is 3.22. The topological polar surface area (TPSA) is 83.1 Å². The number of anilines is 1. The highest BCUT2D eigenvalue weighted by molar-refractivity contribution is 7.48. The largest absolute Gasteiger partial charge is 0.475 e. The van der Waals surface area contributed by atoms with E-state index in [9.17, 15) is 9.36 Å². The van der Waals surface area contributed by atoms with Crippen LogP contribution in [0.15, 0.2) is 127 Å². The fourth-order valence-electron chi connectivity index (χ4n) is 8.19. The summed E-state index contributed by atoms with van der Waals surface area (Å²) >= 11 is 0. The number of phosphoric ester groups is 1. The molecule has 1 aliphatic carbocycles. The number of ether oxygens (including phenoxy) is 1. The highest BCUT2D eigenvalue weighted by atomic mass is 31.2. The molecule has 0 spiro atoms. The van der Waals surface area contributed by atoms with Crippen LogP contribution in [0.25, 0.3) is 0 Å². The van der Waals surface area contributed by atoms with Crippen LogP contribution < -0.4 is 10.1 Å². The Morgan fingerprint density at radius 1 is 0.737 bits per heavy atom. The quantitative estimate of drug-likeness (QED) is 0.100. The Labute approximate surface area is 338 Å². The number of amides is 1. The molecule has 0 unspecified atom stereocenters. The molecule has 7 rings (SSSR count). The van der Waals surface area contributed by atoms with Crippen molar-refractivity contribution in [2.75, 3.05) is 5.32 Å². The molecule has 0 bridgehead atoms. The maximum Gasteiger partial charge on any atom is 0.475 e. The Morgan fingerprint density at radius 2 is 1.30 bits per heavy atom. The number of para-hydroxylation sites is 2. The summed E-state index contributed by atoms with van der Waals surface area (Å²) in [6.45, 7) is 6.73.